The highest BCUT2D eigenvalue weighted by Gasteiger charge is 2.21. The molecule has 0 fully saturated rings. The first kappa shape index (κ1) is 18.5. The van der Waals surface area contributed by atoms with Crippen LogP contribution < -0.4 is 10.1 Å². The molecule has 0 bridgehead atoms. The van der Waals surface area contributed by atoms with E-state index in [9.17, 15) is 4.79 Å². The van der Waals surface area contributed by atoms with Crippen LogP contribution in [-0.4, -0.2) is 32.3 Å². The summed E-state index contributed by atoms with van der Waals surface area (Å²) in [5, 5.41) is 7.30. The van der Waals surface area contributed by atoms with Crippen molar-refractivity contribution in [1.82, 2.24) is 24.6 Å². The van der Waals surface area contributed by atoms with Gasteiger partial charge in [0.1, 0.15) is 17.6 Å². The van der Waals surface area contributed by atoms with Crippen LogP contribution in [0.4, 0.5) is 0 Å². The van der Waals surface area contributed by atoms with Crippen molar-refractivity contribution in [3.8, 4) is 11.4 Å². The van der Waals surface area contributed by atoms with Crippen LogP contribution in [0.15, 0.2) is 79.4 Å². The molecule has 1 unspecified atom stereocenters. The molecule has 146 valence electrons. The lowest BCUT2D eigenvalue weighted by atomic mass is 10.0. The van der Waals surface area contributed by atoms with Gasteiger partial charge in [-0.3, -0.25) is 4.79 Å². The van der Waals surface area contributed by atoms with Gasteiger partial charge in [-0.05, 0) is 48.0 Å². The Morgan fingerprint density at radius 2 is 1.79 bits per heavy atom. The average molecular weight is 387 g/mol. The molecule has 7 nitrogen and oxygen atoms in total. The summed E-state index contributed by atoms with van der Waals surface area (Å²) >= 11 is 0. The lowest BCUT2D eigenvalue weighted by Gasteiger charge is -2.19. The van der Waals surface area contributed by atoms with Gasteiger partial charge in [-0.15, -0.1) is 0 Å². The Kier molecular flexibility index (Phi) is 5.11. The Labute approximate surface area is 168 Å². The molecule has 29 heavy (non-hydrogen) atoms. The summed E-state index contributed by atoms with van der Waals surface area (Å²) in [7, 11) is 3.53. The zero-order chi connectivity index (χ0) is 20.2. The molecule has 7 heteroatoms. The van der Waals surface area contributed by atoms with E-state index in [1.54, 1.807) is 36.3 Å². The molecule has 1 amide bonds. The molecule has 0 saturated carbocycles. The number of carbonyl (C=O) groups is 1. The zero-order valence-electron chi connectivity index (χ0n) is 16.2. The van der Waals surface area contributed by atoms with Crippen molar-refractivity contribution >= 4 is 5.91 Å². The number of aryl methyl sites for hydroxylation is 1. The first-order chi connectivity index (χ1) is 14.2. The lowest BCUT2D eigenvalue weighted by molar-refractivity contribution is 0.0941. The molecule has 0 radical (unpaired) electrons. The number of hydrogen-bond donors (Lipinski definition) is 1. The number of aromatic nitrogens is 4. The molecule has 0 saturated heterocycles. The minimum Gasteiger partial charge on any atom is -0.497 e. The predicted octanol–water partition coefficient (Wildman–Crippen LogP) is 3.13. The van der Waals surface area contributed by atoms with Gasteiger partial charge >= 0.3 is 0 Å². The molecule has 4 rings (SSSR count). The van der Waals surface area contributed by atoms with Crippen LogP contribution in [0.1, 0.15) is 27.8 Å². The molecule has 4 aromatic rings. The number of nitrogens with one attached hydrogen (secondary N) is 1. The second-order valence-electron chi connectivity index (χ2n) is 6.57. The maximum absolute atomic E-state index is 13.0. The van der Waals surface area contributed by atoms with E-state index < -0.39 is 0 Å². The van der Waals surface area contributed by atoms with Crippen molar-refractivity contribution in [3.63, 3.8) is 0 Å². The van der Waals surface area contributed by atoms with Crippen molar-refractivity contribution in [3.05, 3.63) is 96.3 Å². The third-order valence-electron chi connectivity index (χ3n) is 4.74. The number of benzene rings is 2. The van der Waals surface area contributed by atoms with Crippen LogP contribution in [0, 0.1) is 0 Å². The van der Waals surface area contributed by atoms with Gasteiger partial charge in [-0.25, -0.2) is 9.67 Å². The first-order valence-corrected chi connectivity index (χ1v) is 9.18. The van der Waals surface area contributed by atoms with Gasteiger partial charge in [0.15, 0.2) is 0 Å². The van der Waals surface area contributed by atoms with E-state index in [2.05, 4.69) is 15.4 Å². The molecular weight excluding hydrogens is 366 g/mol. The summed E-state index contributed by atoms with van der Waals surface area (Å²) in [6, 6.07) is 16.4. The number of rotatable bonds is 6. The van der Waals surface area contributed by atoms with Gasteiger partial charge < -0.3 is 14.6 Å². The Morgan fingerprint density at radius 3 is 2.38 bits per heavy atom. The number of amides is 1. The zero-order valence-corrected chi connectivity index (χ0v) is 16.2. The average Bonchev–Trinajstić information content (AvgIpc) is 3.44. The number of imidazole rings is 1. The van der Waals surface area contributed by atoms with Crippen molar-refractivity contribution < 1.29 is 9.53 Å². The van der Waals surface area contributed by atoms with Crippen LogP contribution in [0.25, 0.3) is 5.69 Å². The maximum atomic E-state index is 13.0. The number of ether oxygens (including phenoxy) is 1. The topological polar surface area (TPSA) is 74.0 Å². The largest absolute Gasteiger partial charge is 0.497 e. The molecule has 0 spiro atoms. The normalized spacial score (nSPS) is 11.8. The molecule has 0 aliphatic rings. The highest BCUT2D eigenvalue weighted by molar-refractivity contribution is 5.94. The third-order valence-corrected chi connectivity index (χ3v) is 4.74. The van der Waals surface area contributed by atoms with Gasteiger partial charge in [0.2, 0.25) is 0 Å². The van der Waals surface area contributed by atoms with Gasteiger partial charge in [0, 0.05) is 37.4 Å². The Balaban J connectivity index is 1.60. The van der Waals surface area contributed by atoms with E-state index >= 15 is 0 Å². The van der Waals surface area contributed by atoms with E-state index in [1.807, 2.05) is 66.5 Å². The quantitative estimate of drug-likeness (QED) is 0.552. The summed E-state index contributed by atoms with van der Waals surface area (Å²) < 4.78 is 8.88. The van der Waals surface area contributed by atoms with Crippen molar-refractivity contribution in [1.29, 1.82) is 0 Å². The van der Waals surface area contributed by atoms with Crippen LogP contribution >= 0.6 is 0 Å². The fourth-order valence-electron chi connectivity index (χ4n) is 3.15. The molecule has 1 N–H and O–H groups in total. The van der Waals surface area contributed by atoms with Crippen molar-refractivity contribution in [2.24, 2.45) is 7.05 Å². The van der Waals surface area contributed by atoms with Gasteiger partial charge in [-0.1, -0.05) is 12.1 Å². The molecule has 0 aliphatic carbocycles. The summed E-state index contributed by atoms with van der Waals surface area (Å²) in [5.41, 5.74) is 2.37. The summed E-state index contributed by atoms with van der Waals surface area (Å²) in [6.45, 7) is 0. The van der Waals surface area contributed by atoms with Crippen molar-refractivity contribution in [2.75, 3.05) is 7.11 Å². The smallest absolute Gasteiger partial charge is 0.252 e. The number of hydrogen-bond acceptors (Lipinski definition) is 4. The van der Waals surface area contributed by atoms with E-state index in [1.165, 1.54) is 0 Å². The van der Waals surface area contributed by atoms with Gasteiger partial charge in [0.25, 0.3) is 5.91 Å². The molecule has 2 heterocycles. The van der Waals surface area contributed by atoms with Crippen LogP contribution in [0.3, 0.4) is 0 Å². The summed E-state index contributed by atoms with van der Waals surface area (Å²) in [4.78, 5) is 17.4. The SMILES string of the molecule is COc1ccc(C(NC(=O)c2ccc(-n3cccn3)cc2)c2nccn2C)cc1. The van der Waals surface area contributed by atoms with Gasteiger partial charge in [0.05, 0.1) is 12.8 Å². The predicted molar refractivity (Wildman–Crippen MR) is 109 cm³/mol. The Hall–Kier alpha value is -3.87. The summed E-state index contributed by atoms with van der Waals surface area (Å²) in [6.07, 6.45) is 7.15. The number of carbonyl (C=O) groups excluding carboxylic acids is 1. The van der Waals surface area contributed by atoms with E-state index in [0.717, 1.165) is 22.8 Å². The lowest BCUT2D eigenvalue weighted by Crippen LogP contribution is -2.31. The van der Waals surface area contributed by atoms with Gasteiger partial charge in [-0.2, -0.15) is 5.10 Å². The second kappa shape index (κ2) is 8.02. The summed E-state index contributed by atoms with van der Waals surface area (Å²) in [5.74, 6) is 1.32. The minimum absolute atomic E-state index is 0.180. The van der Waals surface area contributed by atoms with Crippen molar-refractivity contribution in [2.45, 2.75) is 6.04 Å². The third kappa shape index (κ3) is 3.89. The monoisotopic (exact) mass is 387 g/mol. The van der Waals surface area contributed by atoms with Crippen LogP contribution in [0.5, 0.6) is 5.75 Å². The number of nitrogens with zero attached hydrogens (tertiary/aromatic N) is 4. The van der Waals surface area contributed by atoms with Crippen LogP contribution in [0.2, 0.25) is 0 Å². The molecule has 2 aromatic carbocycles. The molecule has 2 aromatic heterocycles. The molecule has 1 atom stereocenters. The Morgan fingerprint density at radius 1 is 1.03 bits per heavy atom. The highest BCUT2D eigenvalue weighted by Crippen LogP contribution is 2.23. The van der Waals surface area contributed by atoms with E-state index in [4.69, 9.17) is 4.74 Å². The highest BCUT2D eigenvalue weighted by atomic mass is 16.5. The van der Waals surface area contributed by atoms with E-state index in [-0.39, 0.29) is 11.9 Å². The standard InChI is InChI=1S/C22H21N5O2/c1-26-15-13-23-21(26)20(16-6-10-19(29-2)11-7-16)25-22(28)17-4-8-18(9-5-17)27-14-3-12-24-27/h3-15,20H,1-2H3,(H,25,28). The first-order valence-electron chi connectivity index (χ1n) is 9.18. The maximum Gasteiger partial charge on any atom is 0.252 e. The van der Waals surface area contributed by atoms with Crippen LogP contribution in [-0.2, 0) is 7.05 Å². The Bertz CT molecular complexity index is 1080. The molecule has 0 aliphatic heterocycles. The number of methoxy groups -OCH3 is 1. The van der Waals surface area contributed by atoms with E-state index in [0.29, 0.717) is 5.56 Å². The fourth-order valence-corrected chi connectivity index (χ4v) is 3.15. The molecular formula is C22H21N5O2. The minimum atomic E-state index is -0.390. The second-order valence-corrected chi connectivity index (χ2v) is 6.57. The fraction of sp³-hybridized carbons (Fsp3) is 0.136.